The Balaban J connectivity index is 0.00000147. The van der Waals surface area contributed by atoms with Crippen LogP contribution in [0, 0.1) is 17.8 Å². The van der Waals surface area contributed by atoms with E-state index in [9.17, 15) is 4.79 Å². The van der Waals surface area contributed by atoms with Gasteiger partial charge in [-0.1, -0.05) is 12.8 Å². The summed E-state index contributed by atoms with van der Waals surface area (Å²) in [5.74, 6) is 1.35. The number of ether oxygens (including phenoxy) is 1. The molecule has 0 aliphatic heterocycles. The third-order valence-electron chi connectivity index (χ3n) is 5.34. The zero-order chi connectivity index (χ0) is 13.2. The maximum atomic E-state index is 12.2. The first-order chi connectivity index (χ1) is 9.25. The lowest BCUT2D eigenvalue weighted by atomic mass is 9.84. The molecule has 3 rings (SSSR count). The minimum absolute atomic E-state index is 0. The van der Waals surface area contributed by atoms with E-state index in [1.807, 2.05) is 0 Å². The molecule has 0 aromatic rings. The van der Waals surface area contributed by atoms with Crippen molar-refractivity contribution in [2.75, 3.05) is 13.2 Å². The van der Waals surface area contributed by atoms with E-state index in [1.54, 1.807) is 0 Å². The number of nitrogens with one attached hydrogen (secondary N) is 1. The molecule has 0 heterocycles. The van der Waals surface area contributed by atoms with E-state index in [0.717, 1.165) is 6.42 Å². The summed E-state index contributed by atoms with van der Waals surface area (Å²) in [6.07, 6.45) is 8.96. The van der Waals surface area contributed by atoms with Crippen LogP contribution in [0.5, 0.6) is 0 Å². The van der Waals surface area contributed by atoms with Gasteiger partial charge >= 0.3 is 0 Å². The Morgan fingerprint density at radius 2 is 1.85 bits per heavy atom. The van der Waals surface area contributed by atoms with Crippen LogP contribution in [0.1, 0.15) is 44.9 Å². The first-order valence-electron chi connectivity index (χ1n) is 7.90. The first kappa shape index (κ1) is 16.1. The van der Waals surface area contributed by atoms with Gasteiger partial charge in [-0.25, -0.2) is 0 Å². The topological polar surface area (TPSA) is 64.4 Å². The van der Waals surface area contributed by atoms with Crippen LogP contribution in [-0.2, 0) is 9.53 Å². The van der Waals surface area contributed by atoms with E-state index >= 15 is 0 Å². The van der Waals surface area contributed by atoms with Crippen LogP contribution in [0.3, 0.4) is 0 Å². The molecule has 4 atom stereocenters. The highest BCUT2D eigenvalue weighted by Crippen LogP contribution is 2.47. The van der Waals surface area contributed by atoms with E-state index in [-0.39, 0.29) is 30.3 Å². The van der Waals surface area contributed by atoms with Gasteiger partial charge in [0.1, 0.15) is 0 Å². The van der Waals surface area contributed by atoms with E-state index in [1.165, 1.54) is 38.5 Å². The van der Waals surface area contributed by atoms with Gasteiger partial charge in [0.15, 0.2) is 0 Å². The molecule has 0 saturated heterocycles. The van der Waals surface area contributed by atoms with Crippen molar-refractivity contribution in [1.82, 2.24) is 5.32 Å². The summed E-state index contributed by atoms with van der Waals surface area (Å²) in [7, 11) is 0. The van der Waals surface area contributed by atoms with Crippen molar-refractivity contribution in [1.29, 1.82) is 0 Å². The summed E-state index contributed by atoms with van der Waals surface area (Å²) < 4.78 is 5.76. The number of nitrogens with two attached hydrogens (primary N) is 1. The fourth-order valence-electron chi connectivity index (χ4n) is 4.30. The zero-order valence-electron chi connectivity index (χ0n) is 12.1. The van der Waals surface area contributed by atoms with E-state index < -0.39 is 0 Å². The number of halogens is 1. The molecule has 3 aliphatic rings. The summed E-state index contributed by atoms with van der Waals surface area (Å²) in [6.45, 7) is 1.28. The van der Waals surface area contributed by atoms with Gasteiger partial charge in [0, 0.05) is 12.6 Å². The van der Waals surface area contributed by atoms with Crippen molar-refractivity contribution < 1.29 is 9.53 Å². The number of amides is 1. The smallest absolute Gasteiger partial charge is 0.225 e. The average molecular weight is 303 g/mol. The summed E-state index contributed by atoms with van der Waals surface area (Å²) >= 11 is 0. The van der Waals surface area contributed by atoms with E-state index in [0.29, 0.717) is 31.1 Å². The van der Waals surface area contributed by atoms with E-state index in [4.69, 9.17) is 10.5 Å². The third kappa shape index (κ3) is 3.29. The highest BCUT2D eigenvalue weighted by atomic mass is 35.5. The lowest BCUT2D eigenvalue weighted by molar-refractivity contribution is -0.127. The summed E-state index contributed by atoms with van der Waals surface area (Å²) in [5, 5.41) is 3.02. The monoisotopic (exact) mass is 302 g/mol. The number of hydrogen-bond donors (Lipinski definition) is 2. The number of carbonyl (C=O) groups excluding carboxylic acids is 1. The Kier molecular flexibility index (Phi) is 5.70. The van der Waals surface area contributed by atoms with Gasteiger partial charge in [0.05, 0.1) is 18.6 Å². The van der Waals surface area contributed by atoms with E-state index in [2.05, 4.69) is 5.32 Å². The molecule has 5 heteroatoms. The molecule has 4 nitrogen and oxygen atoms in total. The molecular weight excluding hydrogens is 276 g/mol. The van der Waals surface area contributed by atoms with Crippen LogP contribution in [0.25, 0.3) is 0 Å². The number of rotatable bonds is 5. The van der Waals surface area contributed by atoms with Crippen LogP contribution in [-0.4, -0.2) is 31.2 Å². The average Bonchev–Trinajstić information content (AvgIpc) is 3.10. The van der Waals surface area contributed by atoms with Crippen LogP contribution < -0.4 is 11.1 Å². The lowest BCUT2D eigenvalue weighted by Crippen LogP contribution is -2.46. The quantitative estimate of drug-likeness (QED) is 0.762. The zero-order valence-corrected chi connectivity index (χ0v) is 12.9. The Hall–Kier alpha value is -0.320. The summed E-state index contributed by atoms with van der Waals surface area (Å²) in [5.41, 5.74) is 6.18. The molecule has 20 heavy (non-hydrogen) atoms. The molecule has 3 N–H and O–H groups in total. The van der Waals surface area contributed by atoms with Gasteiger partial charge in [0.25, 0.3) is 0 Å². The predicted octanol–water partition coefficient (Wildman–Crippen LogP) is 1.86. The van der Waals surface area contributed by atoms with Crippen molar-refractivity contribution in [2.24, 2.45) is 23.5 Å². The second kappa shape index (κ2) is 7.10. The Labute approximate surface area is 127 Å². The minimum atomic E-state index is 0. The second-order valence-corrected chi connectivity index (χ2v) is 6.50. The van der Waals surface area contributed by atoms with Crippen molar-refractivity contribution in [3.8, 4) is 0 Å². The lowest BCUT2D eigenvalue weighted by Gasteiger charge is -2.27. The molecule has 0 radical (unpaired) electrons. The first-order valence-corrected chi connectivity index (χ1v) is 7.90. The molecule has 2 bridgehead atoms. The molecule has 0 aromatic carbocycles. The number of hydrogen-bond acceptors (Lipinski definition) is 3. The normalized spacial score (nSPS) is 36.0. The molecule has 3 saturated carbocycles. The largest absolute Gasteiger partial charge is 0.376 e. The van der Waals surface area contributed by atoms with Gasteiger partial charge in [-0.15, -0.1) is 12.4 Å². The van der Waals surface area contributed by atoms with Crippen LogP contribution >= 0.6 is 12.4 Å². The van der Waals surface area contributed by atoms with Crippen molar-refractivity contribution in [3.63, 3.8) is 0 Å². The maximum Gasteiger partial charge on any atom is 0.225 e. The van der Waals surface area contributed by atoms with Gasteiger partial charge in [-0.2, -0.15) is 0 Å². The summed E-state index contributed by atoms with van der Waals surface area (Å²) in [6, 6.07) is 0.0921. The highest BCUT2D eigenvalue weighted by Gasteiger charge is 2.48. The Morgan fingerprint density at radius 1 is 1.15 bits per heavy atom. The summed E-state index contributed by atoms with van der Waals surface area (Å²) in [4.78, 5) is 12.2. The third-order valence-corrected chi connectivity index (χ3v) is 5.34. The molecule has 4 unspecified atom stereocenters. The van der Waals surface area contributed by atoms with Crippen molar-refractivity contribution >= 4 is 18.3 Å². The van der Waals surface area contributed by atoms with Gasteiger partial charge in [0.2, 0.25) is 5.91 Å². The minimum Gasteiger partial charge on any atom is -0.376 e. The fraction of sp³-hybridized carbons (Fsp3) is 0.933. The molecule has 0 spiro atoms. The fourth-order valence-corrected chi connectivity index (χ4v) is 4.30. The van der Waals surface area contributed by atoms with Crippen LogP contribution in [0.15, 0.2) is 0 Å². The van der Waals surface area contributed by atoms with Crippen LogP contribution in [0.4, 0.5) is 0 Å². The molecule has 1 amide bonds. The standard InChI is InChI=1S/C15H26N2O2.ClH/c16-14-11-6-5-10(9-11)13(14)15(18)17-7-8-19-12-3-1-2-4-12;/h10-14H,1-9,16H2,(H,17,18);1H. The molecule has 3 aliphatic carbocycles. The SMILES string of the molecule is Cl.NC1C2CCC(C2)C1C(=O)NCCOC1CCCC1. The molecule has 3 fully saturated rings. The van der Waals surface area contributed by atoms with Gasteiger partial charge < -0.3 is 15.8 Å². The second-order valence-electron chi connectivity index (χ2n) is 6.50. The maximum absolute atomic E-state index is 12.2. The van der Waals surface area contributed by atoms with Crippen molar-refractivity contribution in [2.45, 2.75) is 57.1 Å². The van der Waals surface area contributed by atoms with Crippen molar-refractivity contribution in [3.05, 3.63) is 0 Å². The molecule has 0 aromatic heterocycles. The highest BCUT2D eigenvalue weighted by molar-refractivity contribution is 5.85. The Morgan fingerprint density at radius 3 is 2.50 bits per heavy atom. The number of fused-ring (bicyclic) bond motifs is 2. The van der Waals surface area contributed by atoms with Crippen LogP contribution in [0.2, 0.25) is 0 Å². The Bertz CT molecular complexity index is 332. The molecular formula is C15H27ClN2O2. The predicted molar refractivity (Wildman–Crippen MR) is 80.8 cm³/mol. The van der Waals surface area contributed by atoms with Gasteiger partial charge in [-0.3, -0.25) is 4.79 Å². The van der Waals surface area contributed by atoms with Gasteiger partial charge in [-0.05, 0) is 43.9 Å². The number of carbonyl (C=O) groups is 1. The molecule has 116 valence electrons.